The molecule has 0 spiro atoms. The summed E-state index contributed by atoms with van der Waals surface area (Å²) in [5.74, 6) is 0. The molecule has 0 aromatic heterocycles. The largest absolute Gasteiger partial charge is 4.00 e. The van der Waals surface area contributed by atoms with Gasteiger partial charge in [0.25, 0.3) is 0 Å². The number of carbonyl (C=O) groups excluding carboxylic acids is 4. The zero-order chi connectivity index (χ0) is 11.5. The van der Waals surface area contributed by atoms with Gasteiger partial charge in [0.1, 0.15) is 0 Å². The van der Waals surface area contributed by atoms with Crippen molar-refractivity contribution in [3.8, 4) is 0 Å². The van der Waals surface area contributed by atoms with Gasteiger partial charge in [0.05, 0.1) is 0 Å². The molecule has 0 atom stereocenters. The second-order valence-electron chi connectivity index (χ2n) is 1.09. The minimum absolute atomic E-state index is 0. The molecular weight excluding hydrogens is 274 g/mol. The monoisotopic (exact) mass is 284 g/mol. The Hall–Kier alpha value is -0.671. The molecule has 0 amide bonds. The van der Waals surface area contributed by atoms with Crippen LogP contribution in [0.15, 0.2) is 24.3 Å². The van der Waals surface area contributed by atoms with Gasteiger partial charge >= 0.3 is 18.6 Å². The van der Waals surface area contributed by atoms with Crippen molar-refractivity contribution in [1.82, 2.24) is 0 Å². The van der Waals surface area contributed by atoms with Crippen LogP contribution in [0.2, 0.25) is 0 Å². The Kier molecular flexibility index (Phi) is 265. The zero-order valence-electron chi connectivity index (χ0n) is 7.85. The van der Waals surface area contributed by atoms with E-state index in [0.717, 1.165) is 6.42 Å². The number of allylic oxidation sites excluding steroid dienone is 4. The van der Waals surface area contributed by atoms with Crippen LogP contribution in [0.5, 0.6) is 0 Å². The molecule has 1 rings (SSSR count). The van der Waals surface area contributed by atoms with Crippen molar-refractivity contribution in [2.45, 2.75) is 6.42 Å². The van der Waals surface area contributed by atoms with E-state index in [1.165, 1.54) is 0 Å². The van der Waals surface area contributed by atoms with Gasteiger partial charge in [-0.25, -0.2) is 0 Å². The number of hydrogen-bond donors (Lipinski definition) is 0. The van der Waals surface area contributed by atoms with Crippen LogP contribution < -0.4 is 0 Å². The van der Waals surface area contributed by atoms with Gasteiger partial charge in [-0.3, -0.25) is 27.2 Å². The summed E-state index contributed by atoms with van der Waals surface area (Å²) >= 11 is 0. The average Bonchev–Trinajstić information content (AvgIpc) is 2.87. The van der Waals surface area contributed by atoms with E-state index in [0.29, 0.717) is 0 Å². The van der Waals surface area contributed by atoms with Crippen LogP contribution in [0.3, 0.4) is 0 Å². The molecule has 2 radical (unpaired) electrons. The van der Waals surface area contributed by atoms with Crippen molar-refractivity contribution in [2.75, 3.05) is 0 Å². The SMILES string of the molecule is C1=CCC=C1.[CH-]=O.[CH-]=O.[CH-]=O.[CH-]=O.[V+4].[V]. The molecule has 4 nitrogen and oxygen atoms in total. The van der Waals surface area contributed by atoms with E-state index in [4.69, 9.17) is 19.2 Å². The molecule has 0 saturated carbocycles. The molecule has 1 aliphatic rings. The van der Waals surface area contributed by atoms with Crippen molar-refractivity contribution in [3.05, 3.63) is 24.3 Å². The molecule has 0 N–H and O–H groups in total. The first-order valence-electron chi connectivity index (χ1n) is 2.76. The Morgan fingerprint density at radius 2 is 0.867 bits per heavy atom. The van der Waals surface area contributed by atoms with Crippen LogP contribution in [0, 0.1) is 0 Å². The summed E-state index contributed by atoms with van der Waals surface area (Å²) in [6, 6.07) is 0. The summed E-state index contributed by atoms with van der Waals surface area (Å²) in [4.78, 5) is 31.0. The molecule has 80 valence electrons. The third kappa shape index (κ3) is 91.3. The van der Waals surface area contributed by atoms with Gasteiger partial charge in [-0.2, -0.15) is 0 Å². The smallest absolute Gasteiger partial charge is 0.545 e. The van der Waals surface area contributed by atoms with E-state index in [1.54, 1.807) is 0 Å². The van der Waals surface area contributed by atoms with E-state index in [1.807, 2.05) is 0 Å². The summed E-state index contributed by atoms with van der Waals surface area (Å²) in [5.41, 5.74) is 0. The molecule has 15 heavy (non-hydrogen) atoms. The van der Waals surface area contributed by atoms with E-state index in [9.17, 15) is 0 Å². The second-order valence-corrected chi connectivity index (χ2v) is 1.09. The Morgan fingerprint density at radius 3 is 0.933 bits per heavy atom. The van der Waals surface area contributed by atoms with Gasteiger partial charge in [-0.15, -0.1) is 0 Å². The van der Waals surface area contributed by atoms with Crippen molar-refractivity contribution in [3.63, 3.8) is 0 Å². The normalized spacial score (nSPS) is 6.93. The zero-order valence-corrected chi connectivity index (χ0v) is 10.6. The third-order valence-corrected chi connectivity index (χ3v) is 0.655. The Balaban J connectivity index is -0.0000000182. The van der Waals surface area contributed by atoms with Gasteiger partial charge in [0.15, 0.2) is 0 Å². The average molecular weight is 284 g/mol. The molecular formula is C9H10O4V2. The van der Waals surface area contributed by atoms with Gasteiger partial charge < -0.3 is 19.2 Å². The summed E-state index contributed by atoms with van der Waals surface area (Å²) in [7, 11) is 0. The third-order valence-electron chi connectivity index (χ3n) is 0.655. The summed E-state index contributed by atoms with van der Waals surface area (Å²) in [6.45, 7) is 13.0. The Bertz CT molecular complexity index is 111. The van der Waals surface area contributed by atoms with Gasteiger partial charge in [0.2, 0.25) is 0 Å². The summed E-state index contributed by atoms with van der Waals surface area (Å²) in [5, 5.41) is 0. The maximum Gasteiger partial charge on any atom is 4.00 e. The molecule has 0 saturated heterocycles. The van der Waals surface area contributed by atoms with Crippen molar-refractivity contribution in [2.24, 2.45) is 0 Å². The van der Waals surface area contributed by atoms with Crippen molar-refractivity contribution >= 4 is 27.2 Å². The minimum atomic E-state index is 0. The molecule has 0 heterocycles. The van der Waals surface area contributed by atoms with Gasteiger partial charge in [0, 0.05) is 18.6 Å². The molecule has 0 unspecified atom stereocenters. The first kappa shape index (κ1) is 36.7. The molecule has 1 aliphatic carbocycles. The van der Waals surface area contributed by atoms with E-state index in [-0.39, 0.29) is 37.1 Å². The Morgan fingerprint density at radius 1 is 0.667 bits per heavy atom. The second kappa shape index (κ2) is 108. The van der Waals surface area contributed by atoms with Gasteiger partial charge in [-0.05, 0) is 6.42 Å². The van der Waals surface area contributed by atoms with E-state index >= 15 is 0 Å². The number of hydrogen-bond acceptors (Lipinski definition) is 4. The fourth-order valence-electron chi connectivity index (χ4n) is 0.393. The molecule has 0 bridgehead atoms. The first-order valence-corrected chi connectivity index (χ1v) is 2.76. The van der Waals surface area contributed by atoms with Crippen LogP contribution in [-0.4, -0.2) is 27.2 Å². The van der Waals surface area contributed by atoms with Crippen LogP contribution in [0.25, 0.3) is 0 Å². The maximum atomic E-state index is 7.75. The van der Waals surface area contributed by atoms with Crippen molar-refractivity contribution < 1.29 is 56.3 Å². The molecule has 6 heteroatoms. The Labute approximate surface area is 114 Å². The quantitative estimate of drug-likeness (QED) is 0.477. The van der Waals surface area contributed by atoms with E-state index in [2.05, 4.69) is 51.5 Å². The molecule has 0 aliphatic heterocycles. The minimum Gasteiger partial charge on any atom is -0.545 e. The van der Waals surface area contributed by atoms with E-state index < -0.39 is 0 Å². The van der Waals surface area contributed by atoms with Crippen LogP contribution in [-0.2, 0) is 56.3 Å². The summed E-state index contributed by atoms with van der Waals surface area (Å²) in [6.07, 6.45) is 9.50. The fourth-order valence-corrected chi connectivity index (χ4v) is 0.393. The van der Waals surface area contributed by atoms with Gasteiger partial charge in [-0.1, -0.05) is 24.3 Å². The fraction of sp³-hybridized carbons (Fsp3) is 0.111. The molecule has 0 aromatic carbocycles. The standard InChI is InChI=1S/C5H6.4CHO.2V/c1-2-4-5-3-1;4*1-2;;/h1-4H,5H2;4*1H;;/q;4*-1;;+4. The first-order chi connectivity index (χ1) is 6.50. The maximum absolute atomic E-state index is 7.75. The molecule has 0 fully saturated rings. The predicted octanol–water partition coefficient (Wildman–Crippen LogP) is 0.401. The summed E-state index contributed by atoms with van der Waals surface area (Å²) < 4.78 is 0. The van der Waals surface area contributed by atoms with Crippen LogP contribution in [0.1, 0.15) is 6.42 Å². The number of rotatable bonds is 0. The van der Waals surface area contributed by atoms with Crippen molar-refractivity contribution in [1.29, 1.82) is 0 Å². The van der Waals surface area contributed by atoms with Crippen LogP contribution >= 0.6 is 0 Å². The predicted molar refractivity (Wildman–Crippen MR) is 49.9 cm³/mol. The topological polar surface area (TPSA) is 68.3 Å². The molecule has 0 aromatic rings. The van der Waals surface area contributed by atoms with Crippen LogP contribution in [0.4, 0.5) is 0 Å².